The number of alkyl halides is 3. The van der Waals surface area contributed by atoms with Crippen LogP contribution in [-0.2, 0) is 32.1 Å². The number of anilines is 2. The molecule has 0 spiro atoms. The van der Waals surface area contributed by atoms with Gasteiger partial charge in [0.25, 0.3) is 0 Å². The van der Waals surface area contributed by atoms with E-state index in [9.17, 15) is 31.2 Å². The Hall–Kier alpha value is -4.37. The van der Waals surface area contributed by atoms with Crippen molar-refractivity contribution in [3.8, 4) is 11.5 Å². The highest BCUT2D eigenvalue weighted by atomic mass is 35.5. The maximum absolute atomic E-state index is 12.9. The van der Waals surface area contributed by atoms with Crippen molar-refractivity contribution in [1.82, 2.24) is 14.5 Å². The van der Waals surface area contributed by atoms with Crippen LogP contribution in [0.2, 0.25) is 5.02 Å². The second kappa shape index (κ2) is 13.5. The molecule has 16 heteroatoms. The molecule has 4 aromatic rings. The van der Waals surface area contributed by atoms with E-state index in [0.717, 1.165) is 18.4 Å². The van der Waals surface area contributed by atoms with E-state index >= 15 is 0 Å². The number of halogens is 4. The Morgan fingerprint density at radius 3 is 2.50 bits per heavy atom. The summed E-state index contributed by atoms with van der Waals surface area (Å²) in [7, 11) is -2.93. The first-order chi connectivity index (χ1) is 19.6. The van der Waals surface area contributed by atoms with Crippen LogP contribution in [0.1, 0.15) is 18.4 Å². The Kier molecular flexibility index (Phi) is 10.4. The van der Waals surface area contributed by atoms with Crippen LogP contribution in [-0.4, -0.2) is 51.9 Å². The number of primary amides is 1. The van der Waals surface area contributed by atoms with Crippen molar-refractivity contribution in [2.75, 3.05) is 17.3 Å². The molecule has 2 aromatic carbocycles. The largest absolute Gasteiger partial charge is 0.480 e. The average molecular weight is 628 g/mol. The molecule has 0 saturated carbocycles. The van der Waals surface area contributed by atoms with E-state index in [-0.39, 0.29) is 35.2 Å². The third-order valence-corrected chi connectivity index (χ3v) is 6.70. The molecule has 0 aliphatic carbocycles. The Morgan fingerprint density at radius 1 is 1.14 bits per heavy atom. The number of nitrogens with two attached hydrogens (primary N) is 1. The molecule has 11 nitrogen and oxygen atoms in total. The summed E-state index contributed by atoms with van der Waals surface area (Å²) < 4.78 is 66.6. The molecule has 2 aromatic heterocycles. The van der Waals surface area contributed by atoms with Gasteiger partial charge in [-0.15, -0.1) is 0 Å². The van der Waals surface area contributed by atoms with Crippen LogP contribution < -0.4 is 15.8 Å². The Balaban J connectivity index is 0.000000416. The van der Waals surface area contributed by atoms with Crippen molar-refractivity contribution in [2.24, 2.45) is 5.73 Å². The number of rotatable bonds is 10. The molecule has 0 aliphatic heterocycles. The lowest BCUT2D eigenvalue weighted by molar-refractivity contribution is -0.138. The van der Waals surface area contributed by atoms with E-state index in [1.165, 1.54) is 35.2 Å². The molecular formula is C26H25ClF3N5O6S. The van der Waals surface area contributed by atoms with Crippen LogP contribution in [0, 0.1) is 0 Å². The lowest BCUT2D eigenvalue weighted by Gasteiger charge is -2.13. The maximum atomic E-state index is 12.9. The Bertz CT molecular complexity index is 1700. The number of hydrogen-bond acceptors (Lipinski definition) is 8. The van der Waals surface area contributed by atoms with Gasteiger partial charge in [-0.2, -0.15) is 13.2 Å². The number of fused-ring (bicyclic) bond motifs is 1. The number of aromatic nitrogens is 3. The van der Waals surface area contributed by atoms with E-state index in [2.05, 4.69) is 15.3 Å². The monoisotopic (exact) mass is 627 g/mol. The lowest BCUT2D eigenvalue weighted by Crippen LogP contribution is -2.12. The van der Waals surface area contributed by atoms with Crippen LogP contribution in [0.15, 0.2) is 61.1 Å². The molecule has 4 N–H and O–H groups in total. The predicted molar refractivity (Wildman–Crippen MR) is 150 cm³/mol. The summed E-state index contributed by atoms with van der Waals surface area (Å²) in [6.07, 6.45) is 0.0491. The van der Waals surface area contributed by atoms with Gasteiger partial charge >= 0.3 is 12.1 Å². The van der Waals surface area contributed by atoms with Crippen LogP contribution in [0.5, 0.6) is 11.5 Å². The SMILES string of the molecule is CS(=O)(=O)CCCC(N)=O.O=C(O)Cn1ccc2ncnc(Nc3ccc(Oc4cccc(C(F)(F)F)c4)c(Cl)c3)c21. The highest BCUT2D eigenvalue weighted by molar-refractivity contribution is 7.90. The fraction of sp³-hybridized carbons (Fsp3) is 0.231. The van der Waals surface area contributed by atoms with E-state index in [4.69, 9.17) is 27.2 Å². The third-order valence-electron chi connectivity index (χ3n) is 5.38. The number of ether oxygens (including phenoxy) is 1. The highest BCUT2D eigenvalue weighted by Gasteiger charge is 2.30. The number of hydrogen-bond donors (Lipinski definition) is 3. The molecular weight excluding hydrogens is 603 g/mol. The fourth-order valence-electron chi connectivity index (χ4n) is 3.57. The number of nitrogens with zero attached hydrogens (tertiary/aromatic N) is 3. The van der Waals surface area contributed by atoms with Gasteiger partial charge in [-0.1, -0.05) is 17.7 Å². The third kappa shape index (κ3) is 9.62. The number of nitrogens with one attached hydrogen (secondary N) is 1. The van der Waals surface area contributed by atoms with Crippen molar-refractivity contribution < 1.29 is 41.0 Å². The van der Waals surface area contributed by atoms with Crippen molar-refractivity contribution in [1.29, 1.82) is 0 Å². The zero-order chi connectivity index (χ0) is 31.1. The molecule has 0 bridgehead atoms. The normalized spacial score (nSPS) is 11.5. The van der Waals surface area contributed by atoms with E-state index in [0.29, 0.717) is 29.0 Å². The summed E-state index contributed by atoms with van der Waals surface area (Å²) >= 11 is 6.27. The molecule has 0 fully saturated rings. The first-order valence-corrected chi connectivity index (χ1v) is 14.5. The van der Waals surface area contributed by atoms with Gasteiger partial charge in [0.15, 0.2) is 5.82 Å². The van der Waals surface area contributed by atoms with Gasteiger partial charge in [-0.25, -0.2) is 18.4 Å². The number of carboxylic acid groups (broad SMARTS) is 1. The second-order valence-corrected chi connectivity index (χ2v) is 11.6. The zero-order valence-corrected chi connectivity index (χ0v) is 23.5. The molecule has 0 saturated heterocycles. The van der Waals surface area contributed by atoms with Gasteiger partial charge in [-0.05, 0) is 48.9 Å². The predicted octanol–water partition coefficient (Wildman–Crippen LogP) is 5.02. The molecule has 4 rings (SSSR count). The van der Waals surface area contributed by atoms with E-state index < -0.39 is 33.5 Å². The minimum atomic E-state index is -4.49. The summed E-state index contributed by atoms with van der Waals surface area (Å²) in [6.45, 7) is -0.268. The lowest BCUT2D eigenvalue weighted by atomic mass is 10.2. The van der Waals surface area contributed by atoms with Crippen molar-refractivity contribution in [2.45, 2.75) is 25.6 Å². The standard InChI is InChI=1S/C21H14ClF3N4O3.C5H11NO3S/c22-15-9-13(4-5-17(15)32-14-3-1-2-12(8-14)21(23,24)25)28-20-19-16(26-11-27-20)6-7-29(19)10-18(30)31;1-10(8,9)4-2-3-5(6)7/h1-9,11H,10H2,(H,30,31)(H,26,27,28);2-4H2,1H3,(H2,6,7). The number of carboxylic acids is 1. The van der Waals surface area contributed by atoms with Gasteiger partial charge < -0.3 is 25.5 Å². The second-order valence-electron chi connectivity index (χ2n) is 8.89. The molecule has 42 heavy (non-hydrogen) atoms. The van der Waals surface area contributed by atoms with Gasteiger partial charge in [0.05, 0.1) is 21.9 Å². The van der Waals surface area contributed by atoms with Crippen molar-refractivity contribution in [3.05, 3.63) is 71.6 Å². The number of sulfone groups is 1. The highest BCUT2D eigenvalue weighted by Crippen LogP contribution is 2.36. The van der Waals surface area contributed by atoms with Gasteiger partial charge in [0.2, 0.25) is 5.91 Å². The Labute approximate surface area is 243 Å². The van der Waals surface area contributed by atoms with Gasteiger partial charge in [-0.3, -0.25) is 9.59 Å². The van der Waals surface area contributed by atoms with E-state index in [1.54, 1.807) is 18.3 Å². The number of amides is 1. The van der Waals surface area contributed by atoms with Crippen molar-refractivity contribution >= 4 is 55.9 Å². The first kappa shape index (κ1) is 32.1. The molecule has 224 valence electrons. The molecule has 1 amide bonds. The zero-order valence-electron chi connectivity index (χ0n) is 21.9. The fourth-order valence-corrected chi connectivity index (χ4v) is 4.46. The van der Waals surface area contributed by atoms with Gasteiger partial charge in [0, 0.05) is 24.6 Å². The summed E-state index contributed by atoms with van der Waals surface area (Å²) in [5, 5.41) is 12.3. The van der Waals surface area contributed by atoms with Crippen LogP contribution >= 0.6 is 11.6 Å². The maximum Gasteiger partial charge on any atom is 0.416 e. The number of carbonyl (C=O) groups excluding carboxylic acids is 1. The minimum absolute atomic E-state index is 0.00792. The molecule has 0 radical (unpaired) electrons. The van der Waals surface area contributed by atoms with Crippen LogP contribution in [0.4, 0.5) is 24.7 Å². The quantitative estimate of drug-likeness (QED) is 0.219. The van der Waals surface area contributed by atoms with Gasteiger partial charge in [0.1, 0.15) is 39.7 Å². The molecule has 2 heterocycles. The molecule has 0 atom stereocenters. The summed E-state index contributed by atoms with van der Waals surface area (Å²) in [4.78, 5) is 29.5. The topological polar surface area (TPSA) is 166 Å². The smallest absolute Gasteiger partial charge is 0.416 e. The summed E-state index contributed by atoms with van der Waals surface area (Å²) in [6, 6.07) is 10.8. The van der Waals surface area contributed by atoms with E-state index in [1.807, 2.05) is 0 Å². The first-order valence-electron chi connectivity index (χ1n) is 12.0. The number of carbonyl (C=O) groups is 2. The molecule has 0 aliphatic rings. The minimum Gasteiger partial charge on any atom is -0.480 e. The average Bonchev–Trinajstić information content (AvgIpc) is 3.28. The number of aliphatic carboxylic acids is 1. The summed E-state index contributed by atoms with van der Waals surface area (Å²) in [5.74, 6) is -0.912. The Morgan fingerprint density at radius 2 is 1.88 bits per heavy atom. The van der Waals surface area contributed by atoms with Crippen molar-refractivity contribution in [3.63, 3.8) is 0 Å². The van der Waals surface area contributed by atoms with Crippen LogP contribution in [0.3, 0.4) is 0 Å². The summed E-state index contributed by atoms with van der Waals surface area (Å²) in [5.41, 5.74) is 5.52. The van der Waals surface area contributed by atoms with Crippen LogP contribution in [0.25, 0.3) is 11.0 Å². The molecule has 0 unspecified atom stereocenters. The number of benzene rings is 2.